The van der Waals surface area contributed by atoms with Gasteiger partial charge in [0.25, 0.3) is 11.4 Å². The number of rotatable bonds is 5. The van der Waals surface area contributed by atoms with E-state index in [1.807, 2.05) is 0 Å². The number of carboxylic acids is 1. The van der Waals surface area contributed by atoms with E-state index >= 15 is 0 Å². The number of benzene rings is 1. The molecule has 0 saturated heterocycles. The molecule has 0 heterocycles. The van der Waals surface area contributed by atoms with E-state index in [-0.39, 0.29) is 5.69 Å². The van der Waals surface area contributed by atoms with E-state index in [0.29, 0.717) is 18.2 Å². The first kappa shape index (κ1) is 14.8. The number of non-ortho nitro benzene ring substituents is 1. The van der Waals surface area contributed by atoms with Crippen LogP contribution in [0.15, 0.2) is 30.4 Å². The van der Waals surface area contributed by atoms with Gasteiger partial charge in [-0.3, -0.25) is 25.0 Å². The van der Waals surface area contributed by atoms with Crippen LogP contribution in [0.5, 0.6) is 0 Å². The first-order chi connectivity index (χ1) is 9.31. The van der Waals surface area contributed by atoms with Crippen molar-refractivity contribution in [2.45, 2.75) is 0 Å². The molecule has 104 valence electrons. The number of nitro groups is 2. The van der Waals surface area contributed by atoms with E-state index in [1.165, 1.54) is 0 Å². The lowest BCUT2D eigenvalue weighted by molar-refractivity contribution is -0.393. The monoisotopic (exact) mass is 281 g/mol. The van der Waals surface area contributed by atoms with E-state index in [4.69, 9.17) is 5.11 Å². The van der Waals surface area contributed by atoms with Crippen LogP contribution in [0.25, 0.3) is 0 Å². The third kappa shape index (κ3) is 3.87. The zero-order valence-corrected chi connectivity index (χ0v) is 9.68. The van der Waals surface area contributed by atoms with Gasteiger partial charge in [0, 0.05) is 18.2 Å². The van der Waals surface area contributed by atoms with Crippen LogP contribution in [-0.2, 0) is 9.59 Å². The fourth-order valence-corrected chi connectivity index (χ4v) is 1.21. The SMILES string of the molecule is O=C(O)/C=C/C(=O)Nc1ccc([N+](=O)[O-])cc1[N+](=O)[O-]. The molecule has 10 heteroatoms. The average Bonchev–Trinajstić information content (AvgIpc) is 2.36. The van der Waals surface area contributed by atoms with Gasteiger partial charge < -0.3 is 10.4 Å². The van der Waals surface area contributed by atoms with Crippen molar-refractivity contribution in [3.63, 3.8) is 0 Å². The molecule has 10 nitrogen and oxygen atoms in total. The topological polar surface area (TPSA) is 153 Å². The van der Waals surface area contributed by atoms with Crippen LogP contribution in [0, 0.1) is 20.2 Å². The summed E-state index contributed by atoms with van der Waals surface area (Å²) in [6, 6.07) is 2.66. The zero-order chi connectivity index (χ0) is 15.3. The Morgan fingerprint density at radius 3 is 2.30 bits per heavy atom. The van der Waals surface area contributed by atoms with Gasteiger partial charge in [-0.1, -0.05) is 0 Å². The molecule has 0 radical (unpaired) electrons. The van der Waals surface area contributed by atoms with Gasteiger partial charge >= 0.3 is 5.97 Å². The van der Waals surface area contributed by atoms with Gasteiger partial charge in [0.2, 0.25) is 5.91 Å². The van der Waals surface area contributed by atoms with Crippen LogP contribution in [0.1, 0.15) is 0 Å². The number of carboxylic acid groups (broad SMARTS) is 1. The summed E-state index contributed by atoms with van der Waals surface area (Å²) >= 11 is 0. The maximum atomic E-state index is 11.3. The van der Waals surface area contributed by atoms with E-state index in [9.17, 15) is 29.8 Å². The quantitative estimate of drug-likeness (QED) is 0.465. The van der Waals surface area contributed by atoms with Gasteiger partial charge in [-0.15, -0.1) is 0 Å². The Morgan fingerprint density at radius 1 is 1.15 bits per heavy atom. The summed E-state index contributed by atoms with van der Waals surface area (Å²) in [6.07, 6.45) is 1.21. The highest BCUT2D eigenvalue weighted by molar-refractivity contribution is 6.03. The molecule has 0 aliphatic carbocycles. The van der Waals surface area contributed by atoms with Crippen molar-refractivity contribution < 1.29 is 24.5 Å². The number of nitro benzene ring substituents is 2. The molecule has 0 aliphatic rings. The number of carbonyl (C=O) groups is 2. The lowest BCUT2D eigenvalue weighted by Gasteiger charge is -2.03. The Bertz CT molecular complexity index is 623. The van der Waals surface area contributed by atoms with Crippen molar-refractivity contribution in [3.05, 3.63) is 50.6 Å². The minimum atomic E-state index is -1.36. The second kappa shape index (κ2) is 6.04. The van der Waals surface area contributed by atoms with Crippen LogP contribution < -0.4 is 5.32 Å². The minimum absolute atomic E-state index is 0.277. The Kier molecular flexibility index (Phi) is 4.46. The molecule has 0 unspecified atom stereocenters. The Labute approximate surface area is 110 Å². The summed E-state index contributed by atoms with van der Waals surface area (Å²) in [4.78, 5) is 41.0. The molecule has 0 bridgehead atoms. The van der Waals surface area contributed by atoms with Crippen LogP contribution in [0.2, 0.25) is 0 Å². The summed E-state index contributed by atoms with van der Waals surface area (Å²) < 4.78 is 0. The molecule has 1 aromatic rings. The van der Waals surface area contributed by atoms with Crippen molar-refractivity contribution in [2.24, 2.45) is 0 Å². The molecule has 0 atom stereocenters. The Morgan fingerprint density at radius 2 is 1.80 bits per heavy atom. The summed E-state index contributed by atoms with van der Waals surface area (Å²) in [7, 11) is 0. The largest absolute Gasteiger partial charge is 0.478 e. The van der Waals surface area contributed by atoms with Crippen LogP contribution in [0.3, 0.4) is 0 Å². The van der Waals surface area contributed by atoms with Gasteiger partial charge in [-0.05, 0) is 6.07 Å². The van der Waals surface area contributed by atoms with Crippen LogP contribution in [-0.4, -0.2) is 26.8 Å². The van der Waals surface area contributed by atoms with E-state index in [2.05, 4.69) is 5.32 Å². The first-order valence-corrected chi connectivity index (χ1v) is 4.96. The zero-order valence-electron chi connectivity index (χ0n) is 9.68. The summed E-state index contributed by atoms with van der Waals surface area (Å²) in [5, 5.41) is 31.6. The fourth-order valence-electron chi connectivity index (χ4n) is 1.21. The predicted octanol–water partition coefficient (Wildman–Crippen LogP) is 1.08. The third-order valence-electron chi connectivity index (χ3n) is 2.02. The fraction of sp³-hybridized carbons (Fsp3) is 0. The molecule has 20 heavy (non-hydrogen) atoms. The number of nitrogens with zero attached hydrogens (tertiary/aromatic N) is 2. The normalized spacial score (nSPS) is 10.2. The standard InChI is InChI=1S/C10H7N3O7/c14-9(3-4-10(15)16)11-7-2-1-6(12(17)18)5-8(7)13(19)20/h1-5H,(H,11,14)(H,15,16)/b4-3+. The van der Waals surface area contributed by atoms with Crippen LogP contribution >= 0.6 is 0 Å². The maximum Gasteiger partial charge on any atom is 0.328 e. The molecule has 0 spiro atoms. The second-order valence-electron chi connectivity index (χ2n) is 3.38. The number of carbonyl (C=O) groups excluding carboxylic acids is 1. The molecule has 1 aromatic carbocycles. The lowest BCUT2D eigenvalue weighted by Crippen LogP contribution is -2.10. The molecule has 0 aromatic heterocycles. The predicted molar refractivity (Wildman–Crippen MR) is 65.2 cm³/mol. The Balaban J connectivity index is 3.06. The molecule has 0 fully saturated rings. The molecule has 1 amide bonds. The van der Waals surface area contributed by atoms with E-state index in [0.717, 1.165) is 12.1 Å². The average molecular weight is 281 g/mol. The van der Waals surface area contributed by atoms with E-state index < -0.39 is 33.1 Å². The lowest BCUT2D eigenvalue weighted by atomic mass is 10.2. The Hall–Kier alpha value is -3.30. The van der Waals surface area contributed by atoms with Crippen molar-refractivity contribution in [1.82, 2.24) is 0 Å². The number of hydrogen-bond donors (Lipinski definition) is 2. The van der Waals surface area contributed by atoms with Gasteiger partial charge in [0.1, 0.15) is 5.69 Å². The molecule has 0 aliphatic heterocycles. The number of nitrogens with one attached hydrogen (secondary N) is 1. The number of amides is 1. The molecular weight excluding hydrogens is 274 g/mol. The minimum Gasteiger partial charge on any atom is -0.478 e. The molecule has 2 N–H and O–H groups in total. The van der Waals surface area contributed by atoms with Gasteiger partial charge in [0.15, 0.2) is 0 Å². The summed E-state index contributed by atoms with van der Waals surface area (Å²) in [5.74, 6) is -2.28. The highest BCUT2D eigenvalue weighted by atomic mass is 16.6. The van der Waals surface area contributed by atoms with Crippen LogP contribution in [0.4, 0.5) is 17.1 Å². The second-order valence-corrected chi connectivity index (χ2v) is 3.38. The van der Waals surface area contributed by atoms with E-state index in [1.54, 1.807) is 0 Å². The van der Waals surface area contributed by atoms with Gasteiger partial charge in [-0.2, -0.15) is 0 Å². The third-order valence-corrected chi connectivity index (χ3v) is 2.02. The first-order valence-electron chi connectivity index (χ1n) is 4.96. The smallest absolute Gasteiger partial charge is 0.328 e. The maximum absolute atomic E-state index is 11.3. The number of anilines is 1. The van der Waals surface area contributed by atoms with Crippen molar-refractivity contribution >= 4 is 28.9 Å². The molecule has 1 rings (SSSR count). The van der Waals surface area contributed by atoms with Crippen molar-refractivity contribution in [3.8, 4) is 0 Å². The van der Waals surface area contributed by atoms with Crippen molar-refractivity contribution in [2.75, 3.05) is 5.32 Å². The van der Waals surface area contributed by atoms with Gasteiger partial charge in [0.05, 0.1) is 15.9 Å². The van der Waals surface area contributed by atoms with Crippen molar-refractivity contribution in [1.29, 1.82) is 0 Å². The highest BCUT2D eigenvalue weighted by Gasteiger charge is 2.20. The molecule has 0 saturated carbocycles. The summed E-state index contributed by atoms with van der Waals surface area (Å²) in [6.45, 7) is 0. The molecular formula is C10H7N3O7. The van der Waals surface area contributed by atoms with Gasteiger partial charge in [-0.25, -0.2) is 4.79 Å². The summed E-state index contributed by atoms with van der Waals surface area (Å²) in [5.41, 5.74) is -1.45. The number of aliphatic carboxylic acids is 1. The highest BCUT2D eigenvalue weighted by Crippen LogP contribution is 2.28. The number of hydrogen-bond acceptors (Lipinski definition) is 6.